The Morgan fingerprint density at radius 1 is 1.17 bits per heavy atom. The molecule has 3 rings (SSSR count). The number of benzene rings is 2. The highest BCUT2D eigenvalue weighted by Crippen LogP contribution is 2.25. The molecule has 0 atom stereocenters. The van der Waals surface area contributed by atoms with Crippen molar-refractivity contribution in [1.82, 2.24) is 0 Å². The maximum absolute atomic E-state index is 12.0. The smallest absolute Gasteiger partial charge is 0.235 e. The van der Waals surface area contributed by atoms with Gasteiger partial charge in [-0.05, 0) is 48.4 Å². The third-order valence-corrected chi connectivity index (χ3v) is 5.68. The molecule has 0 aliphatic carbocycles. The van der Waals surface area contributed by atoms with Gasteiger partial charge >= 0.3 is 0 Å². The van der Waals surface area contributed by atoms with Crippen molar-refractivity contribution in [2.75, 3.05) is 21.9 Å². The molecule has 1 N–H and O–H groups in total. The van der Waals surface area contributed by atoms with E-state index in [2.05, 4.69) is 11.4 Å². The minimum absolute atomic E-state index is 0.223. The van der Waals surface area contributed by atoms with E-state index >= 15 is 0 Å². The van der Waals surface area contributed by atoms with Gasteiger partial charge in [0.2, 0.25) is 10.0 Å². The number of anilines is 2. The molecule has 23 heavy (non-hydrogen) atoms. The summed E-state index contributed by atoms with van der Waals surface area (Å²) in [5.41, 5.74) is 3.27. The lowest BCUT2D eigenvalue weighted by molar-refractivity contribution is 0.599. The van der Waals surface area contributed by atoms with Crippen LogP contribution in [0.1, 0.15) is 17.5 Å². The average Bonchev–Trinajstić information content (AvgIpc) is 2.93. The fraction of sp³-hybridized carbons (Fsp3) is 0.235. The molecule has 0 radical (unpaired) electrons. The zero-order chi connectivity index (χ0) is 16.3. The molecule has 2 aromatic carbocycles. The van der Waals surface area contributed by atoms with Crippen molar-refractivity contribution < 1.29 is 8.42 Å². The fourth-order valence-electron chi connectivity index (χ4n) is 2.62. The molecule has 0 saturated carbocycles. The lowest BCUT2D eigenvalue weighted by atomic mass is 10.2. The Hall–Kier alpha value is -2.52. The van der Waals surface area contributed by atoms with Gasteiger partial charge in [-0.1, -0.05) is 12.1 Å². The lowest BCUT2D eigenvalue weighted by Gasteiger charge is -2.18. The summed E-state index contributed by atoms with van der Waals surface area (Å²) >= 11 is 0. The van der Waals surface area contributed by atoms with Crippen LogP contribution in [0.2, 0.25) is 0 Å². The molecule has 0 aromatic heterocycles. The first-order valence-electron chi connectivity index (χ1n) is 7.42. The normalized spacial score (nSPS) is 16.0. The predicted molar refractivity (Wildman–Crippen MR) is 90.7 cm³/mol. The van der Waals surface area contributed by atoms with Gasteiger partial charge in [0.15, 0.2) is 0 Å². The van der Waals surface area contributed by atoms with E-state index in [1.165, 1.54) is 4.31 Å². The van der Waals surface area contributed by atoms with Gasteiger partial charge in [-0.3, -0.25) is 4.31 Å². The average molecular weight is 327 g/mol. The highest BCUT2D eigenvalue weighted by Gasteiger charge is 2.28. The van der Waals surface area contributed by atoms with Crippen LogP contribution >= 0.6 is 0 Å². The molecule has 1 aliphatic rings. The van der Waals surface area contributed by atoms with Crippen LogP contribution < -0.4 is 9.62 Å². The lowest BCUT2D eigenvalue weighted by Crippen LogP contribution is -2.25. The molecule has 0 unspecified atom stereocenters. The molecular weight excluding hydrogens is 310 g/mol. The van der Waals surface area contributed by atoms with Crippen LogP contribution in [0.4, 0.5) is 11.4 Å². The third-order valence-electron chi connectivity index (χ3n) is 3.81. The summed E-state index contributed by atoms with van der Waals surface area (Å²) in [5.74, 6) is 0.223. The second kappa shape index (κ2) is 6.31. The fourth-order valence-corrected chi connectivity index (χ4v) is 4.17. The van der Waals surface area contributed by atoms with Crippen LogP contribution in [0.15, 0.2) is 48.5 Å². The monoisotopic (exact) mass is 327 g/mol. The predicted octanol–water partition coefficient (Wildman–Crippen LogP) is 2.71. The van der Waals surface area contributed by atoms with E-state index in [0.29, 0.717) is 25.1 Å². The topological polar surface area (TPSA) is 73.2 Å². The van der Waals surface area contributed by atoms with Crippen LogP contribution in [0, 0.1) is 11.3 Å². The summed E-state index contributed by atoms with van der Waals surface area (Å²) < 4.78 is 25.5. The first-order valence-corrected chi connectivity index (χ1v) is 9.03. The molecule has 2 aromatic rings. The molecule has 0 bridgehead atoms. The molecule has 5 nitrogen and oxygen atoms in total. The molecule has 1 heterocycles. The zero-order valence-electron chi connectivity index (χ0n) is 12.6. The Balaban J connectivity index is 1.71. The standard InChI is InChI=1S/C17H17N3O2S/c18-12-14-5-7-16(8-6-14)19-13-15-3-1-4-17(11-15)20-9-2-10-23(20,21)22/h1,3-8,11,19H,2,9-10,13H2. The molecule has 1 fully saturated rings. The molecule has 6 heteroatoms. The Labute approximate surface area is 136 Å². The maximum Gasteiger partial charge on any atom is 0.235 e. The molecule has 0 amide bonds. The summed E-state index contributed by atoms with van der Waals surface area (Å²) in [4.78, 5) is 0. The molecule has 1 saturated heterocycles. The van der Waals surface area contributed by atoms with Crippen molar-refractivity contribution in [1.29, 1.82) is 5.26 Å². The SMILES string of the molecule is N#Cc1ccc(NCc2cccc(N3CCCS3(=O)=O)c2)cc1. The van der Waals surface area contributed by atoms with Crippen LogP contribution in [0.5, 0.6) is 0 Å². The summed E-state index contributed by atoms with van der Waals surface area (Å²) in [7, 11) is -3.15. The van der Waals surface area contributed by atoms with Gasteiger partial charge in [0.25, 0.3) is 0 Å². The first kappa shape index (κ1) is 15.4. The Morgan fingerprint density at radius 3 is 2.61 bits per heavy atom. The van der Waals surface area contributed by atoms with Gasteiger partial charge in [-0.2, -0.15) is 5.26 Å². The minimum Gasteiger partial charge on any atom is -0.381 e. The van der Waals surface area contributed by atoms with Gasteiger partial charge in [-0.15, -0.1) is 0 Å². The van der Waals surface area contributed by atoms with Crippen molar-refractivity contribution >= 4 is 21.4 Å². The Kier molecular flexibility index (Phi) is 4.22. The number of hydrogen-bond acceptors (Lipinski definition) is 4. The van der Waals surface area contributed by atoms with Crippen LogP contribution in [0.25, 0.3) is 0 Å². The second-order valence-electron chi connectivity index (χ2n) is 5.45. The molecule has 0 spiro atoms. The van der Waals surface area contributed by atoms with Crippen LogP contribution in [-0.4, -0.2) is 20.7 Å². The molecule has 118 valence electrons. The third kappa shape index (κ3) is 3.46. The van der Waals surface area contributed by atoms with Gasteiger partial charge in [-0.25, -0.2) is 8.42 Å². The van der Waals surface area contributed by atoms with E-state index in [-0.39, 0.29) is 5.75 Å². The van der Waals surface area contributed by atoms with Gasteiger partial charge < -0.3 is 5.32 Å². The van der Waals surface area contributed by atoms with Crippen molar-refractivity contribution in [2.45, 2.75) is 13.0 Å². The van der Waals surface area contributed by atoms with Crippen LogP contribution in [-0.2, 0) is 16.6 Å². The summed E-state index contributed by atoms with van der Waals surface area (Å²) in [6, 6.07) is 16.9. The largest absolute Gasteiger partial charge is 0.381 e. The number of sulfonamides is 1. The summed E-state index contributed by atoms with van der Waals surface area (Å²) in [6.07, 6.45) is 0.677. The van der Waals surface area contributed by atoms with Crippen molar-refractivity contribution in [3.8, 4) is 6.07 Å². The van der Waals surface area contributed by atoms with E-state index in [4.69, 9.17) is 5.26 Å². The van der Waals surface area contributed by atoms with Crippen molar-refractivity contribution in [2.24, 2.45) is 0 Å². The summed E-state index contributed by atoms with van der Waals surface area (Å²) in [5, 5.41) is 12.1. The van der Waals surface area contributed by atoms with E-state index in [1.54, 1.807) is 12.1 Å². The maximum atomic E-state index is 12.0. The number of nitrogens with one attached hydrogen (secondary N) is 1. The number of hydrogen-bond donors (Lipinski definition) is 1. The van der Waals surface area contributed by atoms with E-state index < -0.39 is 10.0 Å². The Morgan fingerprint density at radius 2 is 1.96 bits per heavy atom. The second-order valence-corrected chi connectivity index (χ2v) is 7.47. The minimum atomic E-state index is -3.15. The molecule has 1 aliphatic heterocycles. The van der Waals surface area contributed by atoms with E-state index in [0.717, 1.165) is 16.9 Å². The highest BCUT2D eigenvalue weighted by molar-refractivity contribution is 7.93. The summed E-state index contributed by atoms with van der Waals surface area (Å²) in [6.45, 7) is 1.14. The number of nitrogens with zero attached hydrogens (tertiary/aromatic N) is 2. The number of rotatable bonds is 4. The highest BCUT2D eigenvalue weighted by atomic mass is 32.2. The van der Waals surface area contributed by atoms with Crippen molar-refractivity contribution in [3.05, 3.63) is 59.7 Å². The molecular formula is C17H17N3O2S. The number of nitriles is 1. The quantitative estimate of drug-likeness (QED) is 0.937. The van der Waals surface area contributed by atoms with Crippen LogP contribution in [0.3, 0.4) is 0 Å². The Bertz CT molecular complexity index is 839. The first-order chi connectivity index (χ1) is 11.1. The van der Waals surface area contributed by atoms with E-state index in [9.17, 15) is 8.42 Å². The van der Waals surface area contributed by atoms with Gasteiger partial charge in [0.05, 0.1) is 23.1 Å². The zero-order valence-corrected chi connectivity index (χ0v) is 13.4. The van der Waals surface area contributed by atoms with Crippen molar-refractivity contribution in [3.63, 3.8) is 0 Å². The van der Waals surface area contributed by atoms with Gasteiger partial charge in [0.1, 0.15) is 0 Å². The van der Waals surface area contributed by atoms with E-state index in [1.807, 2.05) is 36.4 Å². The van der Waals surface area contributed by atoms with Gasteiger partial charge in [0, 0.05) is 18.8 Å².